The molecule has 2 N–H and O–H groups in total. The highest BCUT2D eigenvalue weighted by molar-refractivity contribution is 7.89. The summed E-state index contributed by atoms with van der Waals surface area (Å²) in [5.41, 5.74) is -0.287. The highest BCUT2D eigenvalue weighted by Gasteiger charge is 2.23. The number of nitrogens with one attached hydrogen (secondary N) is 2. The second kappa shape index (κ2) is 8.38. The Morgan fingerprint density at radius 2 is 1.95 bits per heavy atom. The first-order valence-electron chi connectivity index (χ1n) is 6.69. The number of sulfonamides is 1. The van der Waals surface area contributed by atoms with Crippen LogP contribution in [0.5, 0.6) is 0 Å². The molecule has 8 heteroatoms. The molecule has 0 aliphatic heterocycles. The molecule has 0 aliphatic rings. The van der Waals surface area contributed by atoms with E-state index in [0.717, 1.165) is 12.1 Å². The van der Waals surface area contributed by atoms with E-state index in [4.69, 9.17) is 4.74 Å². The largest absolute Gasteiger partial charge is 0.380 e. The highest BCUT2D eigenvalue weighted by atomic mass is 32.2. The molecule has 1 aromatic carbocycles. The summed E-state index contributed by atoms with van der Waals surface area (Å²) in [7, 11) is -4.04. The fourth-order valence-corrected chi connectivity index (χ4v) is 2.78. The van der Waals surface area contributed by atoms with E-state index in [1.807, 2.05) is 0 Å². The summed E-state index contributed by atoms with van der Waals surface area (Å²) in [5, 5.41) is 2.77. The average Bonchev–Trinajstić information content (AvgIpc) is 2.43. The molecule has 0 bridgehead atoms. The van der Waals surface area contributed by atoms with E-state index in [1.165, 1.54) is 0 Å². The molecule has 0 unspecified atom stereocenters. The average molecular weight is 322 g/mol. The van der Waals surface area contributed by atoms with Crippen LogP contribution in [-0.2, 0) is 21.3 Å². The number of hydrogen-bond donors (Lipinski definition) is 2. The van der Waals surface area contributed by atoms with Crippen LogP contribution < -0.4 is 10.0 Å². The predicted molar refractivity (Wildman–Crippen MR) is 75.4 cm³/mol. The molecule has 0 spiro atoms. The molecular weight excluding hydrogens is 302 g/mol. The van der Waals surface area contributed by atoms with Crippen LogP contribution in [-0.4, -0.2) is 34.7 Å². The van der Waals surface area contributed by atoms with E-state index in [2.05, 4.69) is 10.0 Å². The number of halogens is 2. The van der Waals surface area contributed by atoms with Crippen molar-refractivity contribution in [3.8, 4) is 0 Å². The molecule has 0 aliphatic carbocycles. The van der Waals surface area contributed by atoms with E-state index in [9.17, 15) is 17.2 Å². The minimum Gasteiger partial charge on any atom is -0.380 e. The zero-order valence-electron chi connectivity index (χ0n) is 12.1. The minimum absolute atomic E-state index is 0.0233. The number of benzene rings is 1. The SMILES string of the molecule is CCNCc1c(F)ccc(S(=O)(=O)NCCOCC)c1F. The van der Waals surface area contributed by atoms with Crippen molar-refractivity contribution in [2.24, 2.45) is 0 Å². The van der Waals surface area contributed by atoms with Crippen molar-refractivity contribution < 1.29 is 21.9 Å². The van der Waals surface area contributed by atoms with Gasteiger partial charge >= 0.3 is 0 Å². The Labute approximate surface area is 123 Å². The molecule has 0 amide bonds. The van der Waals surface area contributed by atoms with Crippen molar-refractivity contribution >= 4 is 10.0 Å². The van der Waals surface area contributed by atoms with Crippen LogP contribution in [0.1, 0.15) is 19.4 Å². The molecule has 0 fully saturated rings. The van der Waals surface area contributed by atoms with Crippen LogP contribution >= 0.6 is 0 Å². The summed E-state index contributed by atoms with van der Waals surface area (Å²) in [4.78, 5) is -0.562. The first-order chi connectivity index (χ1) is 9.94. The highest BCUT2D eigenvalue weighted by Crippen LogP contribution is 2.20. The molecule has 0 heterocycles. The Kier molecular flexibility index (Phi) is 7.16. The quantitative estimate of drug-likeness (QED) is 0.674. The van der Waals surface area contributed by atoms with Gasteiger partial charge in [0.05, 0.1) is 6.61 Å². The van der Waals surface area contributed by atoms with Gasteiger partial charge in [0.25, 0.3) is 0 Å². The van der Waals surface area contributed by atoms with E-state index in [1.54, 1.807) is 13.8 Å². The van der Waals surface area contributed by atoms with Gasteiger partial charge in [-0.05, 0) is 25.6 Å². The fraction of sp³-hybridized carbons (Fsp3) is 0.538. The number of ether oxygens (including phenoxy) is 1. The normalized spacial score (nSPS) is 11.8. The summed E-state index contributed by atoms with van der Waals surface area (Å²) in [6.07, 6.45) is 0. The topological polar surface area (TPSA) is 67.4 Å². The maximum atomic E-state index is 14.2. The number of rotatable bonds is 9. The third-order valence-corrected chi connectivity index (χ3v) is 4.21. The van der Waals surface area contributed by atoms with Crippen LogP contribution in [0, 0.1) is 11.6 Å². The standard InChI is InChI=1S/C13H20F2N2O3S/c1-3-16-9-10-11(14)5-6-12(13(10)15)21(18,19)17-7-8-20-4-2/h5-6,16-17H,3-4,7-9H2,1-2H3. The van der Waals surface area contributed by atoms with Gasteiger partial charge in [-0.1, -0.05) is 6.92 Å². The first kappa shape index (κ1) is 18.0. The van der Waals surface area contributed by atoms with Crippen molar-refractivity contribution in [1.29, 1.82) is 0 Å². The summed E-state index contributed by atoms with van der Waals surface area (Å²) in [6.45, 7) is 4.67. The lowest BCUT2D eigenvalue weighted by atomic mass is 10.2. The smallest absolute Gasteiger partial charge is 0.243 e. The maximum Gasteiger partial charge on any atom is 0.243 e. The van der Waals surface area contributed by atoms with E-state index in [-0.39, 0.29) is 25.3 Å². The lowest BCUT2D eigenvalue weighted by molar-refractivity contribution is 0.153. The molecule has 0 saturated carbocycles. The van der Waals surface area contributed by atoms with Crippen molar-refractivity contribution in [3.05, 3.63) is 29.3 Å². The fourth-order valence-electron chi connectivity index (χ4n) is 1.67. The Bertz CT molecular complexity index is 565. The van der Waals surface area contributed by atoms with E-state index in [0.29, 0.717) is 13.2 Å². The molecule has 0 atom stereocenters. The number of hydrogen-bond acceptors (Lipinski definition) is 4. The summed E-state index contributed by atoms with van der Waals surface area (Å²) in [5.74, 6) is -1.85. The van der Waals surface area contributed by atoms with Gasteiger partial charge in [-0.2, -0.15) is 0 Å². The van der Waals surface area contributed by atoms with Crippen LogP contribution in [0.15, 0.2) is 17.0 Å². The third-order valence-electron chi connectivity index (χ3n) is 2.73. The zero-order valence-corrected chi connectivity index (χ0v) is 12.9. The van der Waals surface area contributed by atoms with E-state index < -0.39 is 26.6 Å². The summed E-state index contributed by atoms with van der Waals surface area (Å²) >= 11 is 0. The molecule has 5 nitrogen and oxygen atoms in total. The summed E-state index contributed by atoms with van der Waals surface area (Å²) < 4.78 is 59.0. The predicted octanol–water partition coefficient (Wildman–Crippen LogP) is 1.39. The Hall–Kier alpha value is -1.09. The Morgan fingerprint density at radius 1 is 1.24 bits per heavy atom. The van der Waals surface area contributed by atoms with Gasteiger partial charge in [-0.15, -0.1) is 0 Å². The molecule has 1 aromatic rings. The minimum atomic E-state index is -4.04. The van der Waals surface area contributed by atoms with Gasteiger partial charge in [0.1, 0.15) is 10.7 Å². The third kappa shape index (κ3) is 4.99. The molecule has 120 valence electrons. The lowest BCUT2D eigenvalue weighted by Gasteiger charge is -2.11. The molecular formula is C13H20F2N2O3S. The lowest BCUT2D eigenvalue weighted by Crippen LogP contribution is -2.29. The van der Waals surface area contributed by atoms with Crippen LogP contribution in [0.3, 0.4) is 0 Å². The van der Waals surface area contributed by atoms with Crippen molar-refractivity contribution in [1.82, 2.24) is 10.0 Å². The van der Waals surface area contributed by atoms with Crippen LogP contribution in [0.4, 0.5) is 8.78 Å². The van der Waals surface area contributed by atoms with Crippen molar-refractivity contribution in [3.63, 3.8) is 0 Å². The Morgan fingerprint density at radius 3 is 2.57 bits per heavy atom. The maximum absolute atomic E-state index is 14.2. The van der Waals surface area contributed by atoms with Crippen LogP contribution in [0.25, 0.3) is 0 Å². The van der Waals surface area contributed by atoms with Gasteiger partial charge in [-0.25, -0.2) is 21.9 Å². The van der Waals surface area contributed by atoms with Gasteiger partial charge in [0.15, 0.2) is 5.82 Å². The molecule has 0 aromatic heterocycles. The summed E-state index contributed by atoms with van der Waals surface area (Å²) in [6, 6.07) is 1.87. The second-order valence-corrected chi connectivity index (χ2v) is 5.95. The monoisotopic (exact) mass is 322 g/mol. The molecule has 1 rings (SSSR count). The molecule has 0 saturated heterocycles. The van der Waals surface area contributed by atoms with Crippen molar-refractivity contribution in [2.75, 3.05) is 26.3 Å². The Balaban J connectivity index is 2.96. The van der Waals surface area contributed by atoms with Gasteiger partial charge < -0.3 is 10.1 Å². The second-order valence-electron chi connectivity index (χ2n) is 4.21. The van der Waals surface area contributed by atoms with Gasteiger partial charge in [-0.3, -0.25) is 0 Å². The zero-order chi connectivity index (χ0) is 15.9. The van der Waals surface area contributed by atoms with E-state index >= 15 is 0 Å². The molecule has 0 radical (unpaired) electrons. The van der Waals surface area contributed by atoms with Gasteiger partial charge in [0, 0.05) is 25.3 Å². The van der Waals surface area contributed by atoms with Crippen molar-refractivity contribution in [2.45, 2.75) is 25.3 Å². The molecule has 21 heavy (non-hydrogen) atoms. The first-order valence-corrected chi connectivity index (χ1v) is 8.17. The van der Waals surface area contributed by atoms with Crippen LogP contribution in [0.2, 0.25) is 0 Å². The van der Waals surface area contributed by atoms with Gasteiger partial charge in [0.2, 0.25) is 10.0 Å².